The summed E-state index contributed by atoms with van der Waals surface area (Å²) < 4.78 is 38.9. The molecule has 114 valence electrons. The van der Waals surface area contributed by atoms with Crippen molar-refractivity contribution in [2.24, 2.45) is 0 Å². The van der Waals surface area contributed by atoms with Crippen LogP contribution in [0.5, 0.6) is 0 Å². The Morgan fingerprint density at radius 1 is 0.826 bits per heavy atom. The summed E-state index contributed by atoms with van der Waals surface area (Å²) in [4.78, 5) is 0.108. The summed E-state index contributed by atoms with van der Waals surface area (Å²) in [6.45, 7) is 0. The summed E-state index contributed by atoms with van der Waals surface area (Å²) in [7, 11) is -3.61. The predicted octanol–water partition coefficient (Wildman–Crippen LogP) is 3.80. The number of rotatable bonds is 2. The molecular weight excluding hydrogens is 311 g/mol. The van der Waals surface area contributed by atoms with Gasteiger partial charge in [-0.1, -0.05) is 54.3 Å². The highest BCUT2D eigenvalue weighted by molar-refractivity contribution is 7.91. The van der Waals surface area contributed by atoms with E-state index in [0.717, 1.165) is 5.56 Å². The second-order valence-electron chi connectivity index (χ2n) is 5.02. The van der Waals surface area contributed by atoms with Crippen LogP contribution in [0.4, 0.5) is 4.39 Å². The molecule has 0 aromatic heterocycles. The molecule has 0 aliphatic carbocycles. The van der Waals surface area contributed by atoms with Crippen LogP contribution in [0.2, 0.25) is 0 Å². The molecule has 4 heteroatoms. The van der Waals surface area contributed by atoms with Crippen LogP contribution >= 0.6 is 0 Å². The molecule has 0 N–H and O–H groups in total. The van der Waals surface area contributed by atoms with E-state index in [-0.39, 0.29) is 10.6 Å². The summed E-state index contributed by atoms with van der Waals surface area (Å²) in [5.74, 6) is 4.77. The van der Waals surface area contributed by atoms with Crippen LogP contribution in [0.3, 0.4) is 0 Å². The number of halogens is 1. The van der Waals surface area contributed by atoms with Gasteiger partial charge in [0, 0.05) is 16.3 Å². The third kappa shape index (κ3) is 3.25. The predicted molar refractivity (Wildman–Crippen MR) is 89.3 cm³/mol. The van der Waals surface area contributed by atoms with Gasteiger partial charge in [0.25, 0.3) is 0 Å². The fourth-order valence-electron chi connectivity index (χ4n) is 2.34. The summed E-state index contributed by atoms with van der Waals surface area (Å²) in [5, 5.41) is 0.679. The Morgan fingerprint density at radius 2 is 1.48 bits per heavy atom. The van der Waals surface area contributed by atoms with Crippen molar-refractivity contribution in [2.45, 2.75) is 4.90 Å². The zero-order valence-electron chi connectivity index (χ0n) is 12.2. The van der Waals surface area contributed by atoms with E-state index in [0.29, 0.717) is 10.8 Å². The summed E-state index contributed by atoms with van der Waals surface area (Å²) in [6.07, 6.45) is 0. The van der Waals surface area contributed by atoms with E-state index >= 15 is 0 Å². The SMILES string of the molecule is O=S(=O)(CC#Cc1ccccc1)c1ccc(F)c2ccccc12. The fourth-order valence-corrected chi connectivity index (χ4v) is 3.54. The lowest BCUT2D eigenvalue weighted by Gasteiger charge is -2.06. The van der Waals surface area contributed by atoms with Gasteiger partial charge in [-0.2, -0.15) is 0 Å². The van der Waals surface area contributed by atoms with Crippen molar-refractivity contribution in [3.05, 3.63) is 78.1 Å². The lowest BCUT2D eigenvalue weighted by atomic mass is 10.1. The van der Waals surface area contributed by atoms with Gasteiger partial charge < -0.3 is 0 Å². The van der Waals surface area contributed by atoms with E-state index in [4.69, 9.17) is 0 Å². The van der Waals surface area contributed by atoms with Gasteiger partial charge in [0.05, 0.1) is 4.90 Å². The van der Waals surface area contributed by atoms with Crippen LogP contribution in [-0.4, -0.2) is 14.2 Å². The van der Waals surface area contributed by atoms with Gasteiger partial charge in [-0.25, -0.2) is 12.8 Å². The number of fused-ring (bicyclic) bond motifs is 1. The summed E-state index contributed by atoms with van der Waals surface area (Å²) in [6, 6.07) is 18.2. The van der Waals surface area contributed by atoms with Crippen molar-refractivity contribution in [1.82, 2.24) is 0 Å². The van der Waals surface area contributed by atoms with Crippen molar-refractivity contribution in [1.29, 1.82) is 0 Å². The summed E-state index contributed by atoms with van der Waals surface area (Å²) in [5.41, 5.74) is 0.756. The zero-order chi connectivity index (χ0) is 16.3. The van der Waals surface area contributed by atoms with Crippen LogP contribution < -0.4 is 0 Å². The Kier molecular flexibility index (Phi) is 4.14. The van der Waals surface area contributed by atoms with E-state index < -0.39 is 15.7 Å². The van der Waals surface area contributed by atoms with Gasteiger partial charge in [0.1, 0.15) is 11.6 Å². The first-order valence-corrected chi connectivity index (χ1v) is 8.67. The van der Waals surface area contributed by atoms with Gasteiger partial charge in [-0.05, 0) is 24.3 Å². The van der Waals surface area contributed by atoms with Crippen LogP contribution in [0.1, 0.15) is 5.56 Å². The van der Waals surface area contributed by atoms with E-state index in [9.17, 15) is 12.8 Å². The first-order chi connectivity index (χ1) is 11.1. The monoisotopic (exact) mass is 324 g/mol. The zero-order valence-corrected chi connectivity index (χ0v) is 13.0. The smallest absolute Gasteiger partial charge is 0.190 e. The summed E-state index contributed by atoms with van der Waals surface area (Å²) >= 11 is 0. The third-order valence-electron chi connectivity index (χ3n) is 3.43. The molecule has 3 aromatic rings. The quantitative estimate of drug-likeness (QED) is 0.531. The third-order valence-corrected chi connectivity index (χ3v) is 4.99. The average Bonchev–Trinajstić information content (AvgIpc) is 2.56. The van der Waals surface area contributed by atoms with E-state index in [2.05, 4.69) is 11.8 Å². The maximum atomic E-state index is 13.8. The molecule has 0 spiro atoms. The fraction of sp³-hybridized carbons (Fsp3) is 0.0526. The highest BCUT2D eigenvalue weighted by Gasteiger charge is 2.17. The molecule has 0 saturated heterocycles. The van der Waals surface area contributed by atoms with Gasteiger partial charge in [-0.15, -0.1) is 0 Å². The molecule has 3 aromatic carbocycles. The first kappa shape index (κ1) is 15.3. The molecule has 0 atom stereocenters. The number of benzene rings is 3. The molecule has 0 radical (unpaired) electrons. The van der Waals surface area contributed by atoms with Crippen molar-refractivity contribution in [3.63, 3.8) is 0 Å². The van der Waals surface area contributed by atoms with Gasteiger partial charge in [-0.3, -0.25) is 0 Å². The standard InChI is InChI=1S/C19H13FO2S/c20-18-12-13-19(17-11-5-4-10-16(17)18)23(21,22)14-6-9-15-7-2-1-3-8-15/h1-5,7-8,10-13H,14H2. The van der Waals surface area contributed by atoms with Gasteiger partial charge in [0.2, 0.25) is 0 Å². The second-order valence-corrected chi connectivity index (χ2v) is 6.98. The van der Waals surface area contributed by atoms with Gasteiger partial charge in [0.15, 0.2) is 9.84 Å². The topological polar surface area (TPSA) is 34.1 Å². The Bertz CT molecular complexity index is 1010. The molecule has 0 saturated carbocycles. The molecule has 0 amide bonds. The average molecular weight is 324 g/mol. The molecule has 0 aliphatic heterocycles. The molecule has 3 rings (SSSR count). The lowest BCUT2D eigenvalue weighted by Crippen LogP contribution is -2.06. The Hall–Kier alpha value is -2.64. The first-order valence-electron chi connectivity index (χ1n) is 7.02. The minimum absolute atomic E-state index is 0.108. The maximum Gasteiger partial charge on any atom is 0.190 e. The van der Waals surface area contributed by atoms with Crippen molar-refractivity contribution < 1.29 is 12.8 Å². The Morgan fingerprint density at radius 3 is 2.22 bits per heavy atom. The highest BCUT2D eigenvalue weighted by atomic mass is 32.2. The minimum atomic E-state index is -3.61. The second kappa shape index (κ2) is 6.23. The van der Waals surface area contributed by atoms with Gasteiger partial charge >= 0.3 is 0 Å². The molecular formula is C19H13FO2S. The van der Waals surface area contributed by atoms with Crippen LogP contribution in [0, 0.1) is 17.7 Å². The maximum absolute atomic E-state index is 13.8. The van der Waals surface area contributed by atoms with Crippen LogP contribution in [0.25, 0.3) is 10.8 Å². The number of hydrogen-bond acceptors (Lipinski definition) is 2. The molecule has 0 fully saturated rings. The number of hydrogen-bond donors (Lipinski definition) is 0. The minimum Gasteiger partial charge on any atom is -0.223 e. The van der Waals surface area contributed by atoms with Crippen molar-refractivity contribution in [2.75, 3.05) is 5.75 Å². The molecule has 0 bridgehead atoms. The largest absolute Gasteiger partial charge is 0.223 e. The Labute approximate surface area is 134 Å². The molecule has 0 unspecified atom stereocenters. The molecule has 23 heavy (non-hydrogen) atoms. The molecule has 2 nitrogen and oxygen atoms in total. The number of sulfone groups is 1. The van der Waals surface area contributed by atoms with E-state index in [1.807, 2.05) is 30.3 Å². The van der Waals surface area contributed by atoms with Crippen molar-refractivity contribution in [3.8, 4) is 11.8 Å². The van der Waals surface area contributed by atoms with Crippen LogP contribution in [-0.2, 0) is 9.84 Å². The normalized spacial score (nSPS) is 11.0. The van der Waals surface area contributed by atoms with Crippen molar-refractivity contribution >= 4 is 20.6 Å². The lowest BCUT2D eigenvalue weighted by molar-refractivity contribution is 0.600. The van der Waals surface area contributed by atoms with E-state index in [1.165, 1.54) is 12.1 Å². The molecule has 0 aliphatic rings. The highest BCUT2D eigenvalue weighted by Crippen LogP contribution is 2.26. The molecule has 0 heterocycles. The van der Waals surface area contributed by atoms with E-state index in [1.54, 1.807) is 24.3 Å². The Balaban J connectivity index is 1.98. The van der Waals surface area contributed by atoms with Crippen LogP contribution in [0.15, 0.2) is 71.6 Å².